The van der Waals surface area contributed by atoms with Gasteiger partial charge in [-0.3, -0.25) is 9.59 Å². The Morgan fingerprint density at radius 1 is 0.833 bits per heavy atom. The zero-order chi connectivity index (χ0) is 26.7. The van der Waals surface area contributed by atoms with Gasteiger partial charge in [0.15, 0.2) is 0 Å². The van der Waals surface area contributed by atoms with Crippen LogP contribution in [0.1, 0.15) is 92.9 Å². The molecule has 6 nitrogen and oxygen atoms in total. The fraction of sp³-hybridized carbons (Fsp3) is 0.800. The molecule has 36 heavy (non-hydrogen) atoms. The van der Waals surface area contributed by atoms with E-state index in [-0.39, 0.29) is 28.1 Å². The van der Waals surface area contributed by atoms with Crippen molar-refractivity contribution in [2.45, 2.75) is 105 Å². The van der Waals surface area contributed by atoms with Gasteiger partial charge in [-0.25, -0.2) is 0 Å². The summed E-state index contributed by atoms with van der Waals surface area (Å²) in [4.78, 5) is 25.3. The van der Waals surface area contributed by atoms with Crippen LogP contribution < -0.4 is 0 Å². The topological polar surface area (TPSA) is 115 Å². The molecule has 0 unspecified atom stereocenters. The van der Waals surface area contributed by atoms with Crippen LogP contribution in [0, 0.1) is 44.3 Å². The molecule has 0 amide bonds. The number of hydrogen-bond acceptors (Lipinski definition) is 4. The SMILES string of the molecule is CC1(C)C=C2C3=CC[C@@H]4[C@@]5(C)C[C@@H](O)[C@H](O)[C@](C)(C(=O)O)[C@@H]5CC[C@@]4(C)[C@]3(C)CC[C@@]2(C(=O)O)CC1. The van der Waals surface area contributed by atoms with E-state index >= 15 is 0 Å². The number of fused-ring (bicyclic) bond motifs is 7. The number of carboxylic acid groups (broad SMARTS) is 2. The quantitative estimate of drug-likeness (QED) is 0.415. The minimum absolute atomic E-state index is 0.0539. The largest absolute Gasteiger partial charge is 0.481 e. The van der Waals surface area contributed by atoms with Gasteiger partial charge < -0.3 is 20.4 Å². The molecule has 3 saturated carbocycles. The van der Waals surface area contributed by atoms with Crippen LogP contribution in [-0.4, -0.2) is 44.6 Å². The van der Waals surface area contributed by atoms with Crippen LogP contribution in [0.2, 0.25) is 0 Å². The molecule has 200 valence electrons. The molecule has 5 rings (SSSR count). The molecule has 9 atom stereocenters. The lowest BCUT2D eigenvalue weighted by Gasteiger charge is -2.70. The Kier molecular flexibility index (Phi) is 5.39. The zero-order valence-electron chi connectivity index (χ0n) is 22.7. The zero-order valence-corrected chi connectivity index (χ0v) is 22.7. The van der Waals surface area contributed by atoms with Crippen LogP contribution in [0.25, 0.3) is 0 Å². The van der Waals surface area contributed by atoms with Gasteiger partial charge in [-0.15, -0.1) is 0 Å². The van der Waals surface area contributed by atoms with Gasteiger partial charge in [-0.1, -0.05) is 46.8 Å². The van der Waals surface area contributed by atoms with Crippen molar-refractivity contribution < 1.29 is 30.0 Å². The molecule has 4 N–H and O–H groups in total. The molecular formula is C30H44O6. The summed E-state index contributed by atoms with van der Waals surface area (Å²) >= 11 is 0. The van der Waals surface area contributed by atoms with Crippen molar-refractivity contribution in [1.29, 1.82) is 0 Å². The Balaban J connectivity index is 1.66. The first kappa shape index (κ1) is 26.0. The first-order valence-corrected chi connectivity index (χ1v) is 13.8. The van der Waals surface area contributed by atoms with Crippen LogP contribution in [-0.2, 0) is 9.59 Å². The number of carbonyl (C=O) groups is 2. The van der Waals surface area contributed by atoms with Gasteiger partial charge in [0.1, 0.15) is 0 Å². The molecule has 0 bridgehead atoms. The molecule has 3 fully saturated rings. The lowest BCUT2D eigenvalue weighted by molar-refractivity contribution is -0.237. The minimum atomic E-state index is -1.40. The van der Waals surface area contributed by atoms with E-state index in [2.05, 4.69) is 46.8 Å². The summed E-state index contributed by atoms with van der Waals surface area (Å²) in [5.41, 5.74) is -0.923. The summed E-state index contributed by atoms with van der Waals surface area (Å²) in [6, 6.07) is 0. The van der Waals surface area contributed by atoms with Crippen LogP contribution in [0.3, 0.4) is 0 Å². The highest BCUT2D eigenvalue weighted by molar-refractivity contribution is 5.82. The van der Waals surface area contributed by atoms with Crippen molar-refractivity contribution in [1.82, 2.24) is 0 Å². The lowest BCUT2D eigenvalue weighted by atomic mass is 9.34. The monoisotopic (exact) mass is 500 g/mol. The van der Waals surface area contributed by atoms with E-state index in [0.29, 0.717) is 25.7 Å². The third kappa shape index (κ3) is 2.92. The standard InChI is InChI=1S/C30H44O6/c1-25(2)11-13-30(24(35)36)14-12-27(4)17(18(30)15-25)7-8-20-26(3)16-19(31)22(32)29(6,23(33)34)21(26)9-10-28(20,27)5/h7,15,19-22,31-32H,8-14,16H2,1-6H3,(H,33,34)(H,35,36)/t19-,20-,21-,22+,26-,27-,28-,29-,30+/m1/s1. The summed E-state index contributed by atoms with van der Waals surface area (Å²) in [6.45, 7) is 12.8. The van der Waals surface area contributed by atoms with Crippen molar-refractivity contribution in [3.8, 4) is 0 Å². The molecule has 0 aliphatic heterocycles. The molecule has 0 spiro atoms. The highest BCUT2D eigenvalue weighted by Crippen LogP contribution is 2.75. The molecule has 0 aromatic carbocycles. The first-order valence-electron chi connectivity index (χ1n) is 13.8. The minimum Gasteiger partial charge on any atom is -0.481 e. The molecule has 0 aromatic heterocycles. The Labute approximate surface area is 214 Å². The van der Waals surface area contributed by atoms with Gasteiger partial charge in [0, 0.05) is 0 Å². The van der Waals surface area contributed by atoms with Gasteiger partial charge in [-0.05, 0) is 103 Å². The number of aliphatic hydroxyl groups is 2. The van der Waals surface area contributed by atoms with E-state index in [0.717, 1.165) is 31.3 Å². The number of carboxylic acids is 2. The first-order chi connectivity index (χ1) is 16.5. The number of aliphatic hydroxyl groups excluding tert-OH is 2. The van der Waals surface area contributed by atoms with Gasteiger partial charge in [0.05, 0.1) is 23.0 Å². The molecule has 0 saturated heterocycles. The maximum absolute atomic E-state index is 12.7. The van der Waals surface area contributed by atoms with Crippen LogP contribution in [0.15, 0.2) is 23.3 Å². The van der Waals surface area contributed by atoms with Crippen molar-refractivity contribution in [3.05, 3.63) is 23.3 Å². The molecular weight excluding hydrogens is 456 g/mol. The van der Waals surface area contributed by atoms with Gasteiger partial charge in [0.25, 0.3) is 0 Å². The van der Waals surface area contributed by atoms with E-state index in [4.69, 9.17) is 0 Å². The predicted molar refractivity (Wildman–Crippen MR) is 136 cm³/mol. The third-order valence-electron chi connectivity index (χ3n) is 12.5. The van der Waals surface area contributed by atoms with Crippen molar-refractivity contribution in [3.63, 3.8) is 0 Å². The average molecular weight is 501 g/mol. The third-order valence-corrected chi connectivity index (χ3v) is 12.5. The highest BCUT2D eigenvalue weighted by Gasteiger charge is 2.71. The van der Waals surface area contributed by atoms with E-state index in [1.54, 1.807) is 6.92 Å². The second-order valence-corrected chi connectivity index (χ2v) is 14.5. The van der Waals surface area contributed by atoms with Gasteiger partial charge in [-0.2, -0.15) is 0 Å². The number of aliphatic carboxylic acids is 2. The van der Waals surface area contributed by atoms with E-state index in [9.17, 15) is 30.0 Å². The molecule has 5 aliphatic rings. The second kappa shape index (κ2) is 7.47. The number of allylic oxidation sites excluding steroid dienone is 3. The molecule has 6 heteroatoms. The summed E-state index contributed by atoms with van der Waals surface area (Å²) < 4.78 is 0. The maximum Gasteiger partial charge on any atom is 0.314 e. The van der Waals surface area contributed by atoms with E-state index in [1.807, 2.05) is 0 Å². The summed E-state index contributed by atoms with van der Waals surface area (Å²) in [6.07, 6.45) is 7.71. The van der Waals surface area contributed by atoms with Crippen LogP contribution >= 0.6 is 0 Å². The fourth-order valence-corrected chi connectivity index (χ4v) is 10.1. The highest BCUT2D eigenvalue weighted by atomic mass is 16.4. The Bertz CT molecular complexity index is 1070. The van der Waals surface area contributed by atoms with Crippen molar-refractivity contribution in [2.24, 2.45) is 44.3 Å². The van der Waals surface area contributed by atoms with E-state index in [1.165, 1.54) is 5.57 Å². The number of hydrogen-bond donors (Lipinski definition) is 4. The second-order valence-electron chi connectivity index (χ2n) is 14.5. The maximum atomic E-state index is 12.7. The van der Waals surface area contributed by atoms with Gasteiger partial charge in [0.2, 0.25) is 0 Å². The predicted octanol–water partition coefficient (Wildman–Crippen LogP) is 5.19. The molecule has 0 aromatic rings. The fourth-order valence-electron chi connectivity index (χ4n) is 10.1. The lowest BCUT2D eigenvalue weighted by Crippen LogP contribution is -2.68. The summed E-state index contributed by atoms with van der Waals surface area (Å²) in [7, 11) is 0. The van der Waals surface area contributed by atoms with Crippen LogP contribution in [0.5, 0.6) is 0 Å². The van der Waals surface area contributed by atoms with Crippen LogP contribution in [0.4, 0.5) is 0 Å². The number of rotatable bonds is 2. The van der Waals surface area contributed by atoms with Crippen molar-refractivity contribution in [2.75, 3.05) is 0 Å². The van der Waals surface area contributed by atoms with E-state index < -0.39 is 40.4 Å². The summed E-state index contributed by atoms with van der Waals surface area (Å²) in [5, 5.41) is 42.5. The van der Waals surface area contributed by atoms with Crippen molar-refractivity contribution >= 4 is 11.9 Å². The molecule has 0 radical (unpaired) electrons. The molecule has 0 heterocycles. The smallest absolute Gasteiger partial charge is 0.314 e. The Morgan fingerprint density at radius 3 is 2.08 bits per heavy atom. The Hall–Kier alpha value is -1.66. The average Bonchev–Trinajstić information content (AvgIpc) is 2.77. The molecule has 5 aliphatic carbocycles. The Morgan fingerprint density at radius 2 is 1.47 bits per heavy atom. The summed E-state index contributed by atoms with van der Waals surface area (Å²) in [5.74, 6) is -1.86. The normalized spacial score (nSPS) is 51.4. The van der Waals surface area contributed by atoms with Gasteiger partial charge >= 0.3 is 11.9 Å².